The zero-order valence-electron chi connectivity index (χ0n) is 17.3. The Labute approximate surface area is 189 Å². The number of anilines is 3. The van der Waals surface area contributed by atoms with Gasteiger partial charge in [-0.1, -0.05) is 11.6 Å². The number of rotatable bonds is 6. The van der Waals surface area contributed by atoms with Crippen molar-refractivity contribution in [2.24, 2.45) is 13.0 Å². The van der Waals surface area contributed by atoms with Crippen molar-refractivity contribution in [2.75, 3.05) is 23.8 Å². The lowest BCUT2D eigenvalue weighted by molar-refractivity contribution is 0.0631. The number of pyridine rings is 1. The van der Waals surface area contributed by atoms with Crippen molar-refractivity contribution in [1.82, 2.24) is 24.7 Å². The molecular formula is C21H21ClN8O2. The number of halogens is 1. The van der Waals surface area contributed by atoms with Crippen LogP contribution in [0.2, 0.25) is 5.02 Å². The minimum absolute atomic E-state index is 0.0430. The maximum absolute atomic E-state index is 8.93. The first-order valence-corrected chi connectivity index (χ1v) is 10.6. The average Bonchev–Trinajstić information content (AvgIpc) is 3.50. The fraction of sp³-hybridized carbons (Fsp3) is 0.381. The lowest BCUT2D eigenvalue weighted by atomic mass is 9.95. The highest BCUT2D eigenvalue weighted by Gasteiger charge is 2.47. The van der Waals surface area contributed by atoms with Crippen molar-refractivity contribution in [2.45, 2.75) is 24.7 Å². The van der Waals surface area contributed by atoms with Gasteiger partial charge in [0.2, 0.25) is 5.95 Å². The summed E-state index contributed by atoms with van der Waals surface area (Å²) in [5.74, 6) is 1.12. The predicted octanol–water partition coefficient (Wildman–Crippen LogP) is 2.31. The van der Waals surface area contributed by atoms with Crippen molar-refractivity contribution < 1.29 is 9.47 Å². The van der Waals surface area contributed by atoms with Gasteiger partial charge in [0.25, 0.3) is 0 Å². The molecule has 0 spiro atoms. The Bertz CT molecular complexity index is 1150. The maximum atomic E-state index is 8.93. The molecule has 2 N–H and O–H groups in total. The van der Waals surface area contributed by atoms with Gasteiger partial charge in [-0.15, -0.1) is 0 Å². The van der Waals surface area contributed by atoms with E-state index in [0.29, 0.717) is 35.6 Å². The first kappa shape index (κ1) is 20.6. The molecule has 2 fully saturated rings. The number of nitrogens with zero attached hydrogens (tertiary/aromatic N) is 6. The molecule has 0 bridgehead atoms. The number of hydrogen-bond acceptors (Lipinski definition) is 9. The zero-order chi connectivity index (χ0) is 22.1. The summed E-state index contributed by atoms with van der Waals surface area (Å²) >= 11 is 6.34. The van der Waals surface area contributed by atoms with Gasteiger partial charge in [-0.3, -0.25) is 9.67 Å². The molecule has 0 saturated carbocycles. The van der Waals surface area contributed by atoms with Gasteiger partial charge in [0.1, 0.15) is 17.2 Å². The summed E-state index contributed by atoms with van der Waals surface area (Å²) < 4.78 is 13.8. The Balaban J connectivity index is 1.24. The van der Waals surface area contributed by atoms with E-state index >= 15 is 0 Å². The molecule has 164 valence electrons. The molecule has 11 heteroatoms. The summed E-state index contributed by atoms with van der Waals surface area (Å²) in [6.07, 6.45) is 7.24. The molecule has 0 amide bonds. The molecule has 10 nitrogen and oxygen atoms in total. The summed E-state index contributed by atoms with van der Waals surface area (Å²) in [5, 5.41) is 20.0. The van der Waals surface area contributed by atoms with Crippen LogP contribution in [0.5, 0.6) is 0 Å². The summed E-state index contributed by atoms with van der Waals surface area (Å²) in [6, 6.07) is 5.67. The number of nitrogens with one attached hydrogen (secondary N) is 2. The molecule has 3 aromatic heterocycles. The maximum Gasteiger partial charge on any atom is 0.229 e. The molecule has 0 radical (unpaired) electrons. The molecule has 2 saturated heterocycles. The fourth-order valence-electron chi connectivity index (χ4n) is 4.08. The normalized spacial score (nSPS) is 24.2. The number of ether oxygens (including phenoxy) is 2. The van der Waals surface area contributed by atoms with Crippen molar-refractivity contribution in [1.29, 1.82) is 5.26 Å². The van der Waals surface area contributed by atoms with E-state index < -0.39 is 0 Å². The van der Waals surface area contributed by atoms with E-state index in [4.69, 9.17) is 26.3 Å². The van der Waals surface area contributed by atoms with E-state index in [0.717, 1.165) is 17.8 Å². The van der Waals surface area contributed by atoms with Crippen LogP contribution in [-0.4, -0.2) is 56.2 Å². The minimum atomic E-state index is -0.112. The SMILES string of the molecule is Cn1cc(Nc2ncc(Cl)c(N[C@@H]3COC4C3OC[C@@H]4Cc3ccc(C#N)cn3)n2)cn1. The van der Waals surface area contributed by atoms with E-state index in [9.17, 15) is 0 Å². The Kier molecular flexibility index (Phi) is 5.61. The van der Waals surface area contributed by atoms with Gasteiger partial charge in [0.05, 0.1) is 49.0 Å². The van der Waals surface area contributed by atoms with Gasteiger partial charge < -0.3 is 20.1 Å². The third-order valence-corrected chi connectivity index (χ3v) is 5.88. The van der Waals surface area contributed by atoms with Crippen LogP contribution in [0.3, 0.4) is 0 Å². The zero-order valence-corrected chi connectivity index (χ0v) is 18.0. The van der Waals surface area contributed by atoms with Crippen LogP contribution in [0.15, 0.2) is 36.9 Å². The van der Waals surface area contributed by atoms with Gasteiger partial charge in [-0.25, -0.2) is 4.98 Å². The number of fused-ring (bicyclic) bond motifs is 1. The molecule has 0 aliphatic carbocycles. The van der Waals surface area contributed by atoms with E-state index in [1.54, 1.807) is 29.3 Å². The van der Waals surface area contributed by atoms with Crippen molar-refractivity contribution >= 4 is 29.1 Å². The molecule has 4 atom stereocenters. The second-order valence-corrected chi connectivity index (χ2v) is 8.29. The van der Waals surface area contributed by atoms with Crippen molar-refractivity contribution in [3.8, 4) is 6.07 Å². The van der Waals surface area contributed by atoms with Crippen molar-refractivity contribution in [3.63, 3.8) is 0 Å². The average molecular weight is 453 g/mol. The lowest BCUT2D eigenvalue weighted by Gasteiger charge is -2.19. The van der Waals surface area contributed by atoms with Crippen LogP contribution in [-0.2, 0) is 22.9 Å². The van der Waals surface area contributed by atoms with Gasteiger partial charge in [0, 0.05) is 31.1 Å². The topological polar surface area (TPSA) is 123 Å². The standard InChI is InChI=1S/C21H21ClN8O2/c1-30-9-15(7-26-30)27-21-25-8-16(22)20(29-21)28-17-11-32-18-13(10-31-19(17)18)4-14-3-2-12(5-23)6-24-14/h2-3,6-9,13,17-19H,4,10-11H2,1H3,(H2,25,27,28,29)/t13-,17+,18?,19?/m0/s1. The van der Waals surface area contributed by atoms with Crippen LogP contribution >= 0.6 is 11.6 Å². The van der Waals surface area contributed by atoms with Crippen LogP contribution in [0.4, 0.5) is 17.5 Å². The van der Waals surface area contributed by atoms with Gasteiger partial charge in [-0.2, -0.15) is 15.3 Å². The van der Waals surface area contributed by atoms with Crippen molar-refractivity contribution in [3.05, 3.63) is 53.2 Å². The Morgan fingerprint density at radius 2 is 2.06 bits per heavy atom. The van der Waals surface area contributed by atoms with E-state index in [1.807, 2.05) is 19.3 Å². The molecule has 32 heavy (non-hydrogen) atoms. The van der Waals surface area contributed by atoms with Crippen LogP contribution < -0.4 is 10.6 Å². The molecule has 2 aliphatic heterocycles. The molecule has 3 aromatic rings. The predicted molar refractivity (Wildman–Crippen MR) is 117 cm³/mol. The third kappa shape index (κ3) is 4.23. The first-order valence-electron chi connectivity index (χ1n) is 10.2. The van der Waals surface area contributed by atoms with Gasteiger partial charge in [-0.05, 0) is 18.6 Å². The highest BCUT2D eigenvalue weighted by Crippen LogP contribution is 2.35. The highest BCUT2D eigenvalue weighted by atomic mass is 35.5. The van der Waals surface area contributed by atoms with Crippen LogP contribution in [0.1, 0.15) is 11.3 Å². The Morgan fingerprint density at radius 1 is 1.19 bits per heavy atom. The fourth-order valence-corrected chi connectivity index (χ4v) is 4.22. The summed E-state index contributed by atoms with van der Waals surface area (Å²) in [5.41, 5.74) is 2.25. The number of hydrogen-bond donors (Lipinski definition) is 2. The quantitative estimate of drug-likeness (QED) is 0.579. The second-order valence-electron chi connectivity index (χ2n) is 7.88. The number of aryl methyl sites for hydroxylation is 1. The van der Waals surface area contributed by atoms with E-state index in [2.05, 4.69) is 36.8 Å². The molecule has 2 aliphatic rings. The first-order chi connectivity index (χ1) is 15.6. The van der Waals surface area contributed by atoms with Crippen LogP contribution in [0.25, 0.3) is 0 Å². The second kappa shape index (κ2) is 8.70. The highest BCUT2D eigenvalue weighted by molar-refractivity contribution is 6.32. The minimum Gasteiger partial charge on any atom is -0.373 e. The number of aromatic nitrogens is 5. The molecular weight excluding hydrogens is 432 g/mol. The van der Waals surface area contributed by atoms with E-state index in [1.165, 1.54) is 0 Å². The largest absolute Gasteiger partial charge is 0.373 e. The summed E-state index contributed by atoms with van der Waals surface area (Å²) in [7, 11) is 1.84. The monoisotopic (exact) mass is 452 g/mol. The smallest absolute Gasteiger partial charge is 0.229 e. The lowest BCUT2D eigenvalue weighted by Crippen LogP contribution is -2.35. The number of nitriles is 1. The molecule has 2 unspecified atom stereocenters. The van der Waals surface area contributed by atoms with E-state index in [-0.39, 0.29) is 24.2 Å². The molecule has 0 aromatic carbocycles. The molecule has 5 rings (SSSR count). The van der Waals surface area contributed by atoms with Crippen LogP contribution in [0, 0.1) is 17.2 Å². The Morgan fingerprint density at radius 3 is 2.81 bits per heavy atom. The van der Waals surface area contributed by atoms with Gasteiger partial charge in [0.15, 0.2) is 5.82 Å². The Hall–Kier alpha value is -3.26. The molecule has 5 heterocycles. The van der Waals surface area contributed by atoms with Gasteiger partial charge >= 0.3 is 0 Å². The third-order valence-electron chi connectivity index (χ3n) is 5.61. The summed E-state index contributed by atoms with van der Waals surface area (Å²) in [6.45, 7) is 1.07. The summed E-state index contributed by atoms with van der Waals surface area (Å²) in [4.78, 5) is 13.1.